The summed E-state index contributed by atoms with van der Waals surface area (Å²) in [7, 11) is 3.53. The van der Waals surface area contributed by atoms with Crippen molar-refractivity contribution in [2.75, 3.05) is 53.6 Å². The first kappa shape index (κ1) is 14.9. The lowest BCUT2D eigenvalue weighted by molar-refractivity contribution is 0.0718. The van der Waals surface area contributed by atoms with Crippen molar-refractivity contribution in [2.45, 2.75) is 25.8 Å². The fraction of sp³-hybridized carbons (Fsp3) is 1.00. The predicted octanol–water partition coefficient (Wildman–Crippen LogP) is 0.969. The number of hydrogen-bond donors (Lipinski definition) is 1. The Kier molecular flexibility index (Phi) is 7.77. The van der Waals surface area contributed by atoms with Crippen LogP contribution in [0.2, 0.25) is 0 Å². The Bertz CT molecular complexity index is 184. The van der Waals surface area contributed by atoms with Crippen LogP contribution in [-0.4, -0.2) is 64.6 Å². The van der Waals surface area contributed by atoms with E-state index in [1.54, 1.807) is 14.2 Å². The summed E-state index contributed by atoms with van der Waals surface area (Å²) < 4.78 is 10.4. The Morgan fingerprint density at radius 3 is 2.71 bits per heavy atom. The van der Waals surface area contributed by atoms with Gasteiger partial charge in [0.25, 0.3) is 0 Å². The van der Waals surface area contributed by atoms with Crippen LogP contribution >= 0.6 is 0 Å². The molecule has 0 bridgehead atoms. The Hall–Kier alpha value is -0.160. The number of methoxy groups -OCH3 is 2. The van der Waals surface area contributed by atoms with Gasteiger partial charge in [-0.05, 0) is 45.3 Å². The van der Waals surface area contributed by atoms with Gasteiger partial charge < -0.3 is 14.8 Å². The molecule has 1 heterocycles. The van der Waals surface area contributed by atoms with E-state index in [2.05, 4.69) is 17.1 Å². The summed E-state index contributed by atoms with van der Waals surface area (Å²) in [5.41, 5.74) is 0. The van der Waals surface area contributed by atoms with Crippen LogP contribution in [0.3, 0.4) is 0 Å². The van der Waals surface area contributed by atoms with Gasteiger partial charge in [0.1, 0.15) is 0 Å². The third-order valence-corrected chi connectivity index (χ3v) is 3.60. The number of nitrogens with zero attached hydrogens (tertiary/aromatic N) is 1. The molecule has 0 aromatic rings. The lowest BCUT2D eigenvalue weighted by Gasteiger charge is -2.29. The Morgan fingerprint density at radius 1 is 1.29 bits per heavy atom. The highest BCUT2D eigenvalue weighted by Gasteiger charge is 2.18. The minimum absolute atomic E-state index is 0.476. The summed E-state index contributed by atoms with van der Waals surface area (Å²) in [6.45, 7) is 8.37. The molecule has 0 aromatic heterocycles. The first-order valence-corrected chi connectivity index (χ1v) is 6.70. The maximum absolute atomic E-state index is 5.24. The zero-order chi connectivity index (χ0) is 12.5. The molecule has 2 atom stereocenters. The van der Waals surface area contributed by atoms with E-state index in [0.29, 0.717) is 6.04 Å². The van der Waals surface area contributed by atoms with Crippen LogP contribution in [0.25, 0.3) is 0 Å². The van der Waals surface area contributed by atoms with Crippen LogP contribution in [-0.2, 0) is 9.47 Å². The smallest absolute Gasteiger partial charge is 0.0615 e. The highest BCUT2D eigenvalue weighted by atomic mass is 16.5. The molecule has 0 radical (unpaired) electrons. The minimum Gasteiger partial charge on any atom is -0.383 e. The van der Waals surface area contributed by atoms with Gasteiger partial charge in [0, 0.05) is 26.8 Å². The Balaban J connectivity index is 2.27. The molecule has 4 heteroatoms. The summed E-state index contributed by atoms with van der Waals surface area (Å²) in [6, 6.07) is 0.476. The van der Waals surface area contributed by atoms with Crippen molar-refractivity contribution < 1.29 is 9.47 Å². The van der Waals surface area contributed by atoms with E-state index in [-0.39, 0.29) is 0 Å². The van der Waals surface area contributed by atoms with E-state index in [0.717, 1.165) is 32.2 Å². The van der Waals surface area contributed by atoms with Gasteiger partial charge in [-0.2, -0.15) is 0 Å². The number of rotatable bonds is 9. The van der Waals surface area contributed by atoms with Crippen molar-refractivity contribution in [3.63, 3.8) is 0 Å². The molecule has 0 saturated carbocycles. The SMILES string of the molecule is COCCN(CCC1CCNC1)C(C)COC. The maximum Gasteiger partial charge on any atom is 0.0615 e. The van der Waals surface area contributed by atoms with Crippen LogP contribution in [0.15, 0.2) is 0 Å². The quantitative estimate of drug-likeness (QED) is 0.655. The Labute approximate surface area is 106 Å². The van der Waals surface area contributed by atoms with Gasteiger partial charge in [0.15, 0.2) is 0 Å². The van der Waals surface area contributed by atoms with Crippen molar-refractivity contribution in [3.05, 3.63) is 0 Å². The van der Waals surface area contributed by atoms with Crippen molar-refractivity contribution >= 4 is 0 Å². The summed E-state index contributed by atoms with van der Waals surface area (Å²) >= 11 is 0. The maximum atomic E-state index is 5.24. The zero-order valence-corrected chi connectivity index (χ0v) is 11.6. The van der Waals surface area contributed by atoms with E-state index in [9.17, 15) is 0 Å². The molecule has 1 aliphatic heterocycles. The topological polar surface area (TPSA) is 33.7 Å². The molecule has 0 spiro atoms. The second-order valence-electron chi connectivity index (χ2n) is 4.98. The summed E-state index contributed by atoms with van der Waals surface area (Å²) in [5.74, 6) is 0.856. The number of ether oxygens (including phenoxy) is 2. The average Bonchev–Trinajstić information content (AvgIpc) is 2.82. The number of hydrogen-bond acceptors (Lipinski definition) is 4. The van der Waals surface area contributed by atoms with Gasteiger partial charge in [-0.15, -0.1) is 0 Å². The van der Waals surface area contributed by atoms with Gasteiger partial charge in [0.05, 0.1) is 13.2 Å². The van der Waals surface area contributed by atoms with E-state index in [1.807, 2.05) is 0 Å². The van der Waals surface area contributed by atoms with Gasteiger partial charge in [-0.1, -0.05) is 0 Å². The third kappa shape index (κ3) is 5.82. The summed E-state index contributed by atoms with van der Waals surface area (Å²) in [6.07, 6.45) is 2.61. The van der Waals surface area contributed by atoms with Crippen LogP contribution in [0.5, 0.6) is 0 Å². The molecule has 0 aromatic carbocycles. The summed E-state index contributed by atoms with van der Waals surface area (Å²) in [5, 5.41) is 3.43. The van der Waals surface area contributed by atoms with Gasteiger partial charge in [-0.3, -0.25) is 4.90 Å². The molecule has 2 unspecified atom stereocenters. The second-order valence-corrected chi connectivity index (χ2v) is 4.98. The first-order chi connectivity index (χ1) is 8.27. The van der Waals surface area contributed by atoms with E-state index in [4.69, 9.17) is 9.47 Å². The van der Waals surface area contributed by atoms with Crippen molar-refractivity contribution in [3.8, 4) is 0 Å². The average molecular weight is 244 g/mol. The van der Waals surface area contributed by atoms with Gasteiger partial charge in [-0.25, -0.2) is 0 Å². The van der Waals surface area contributed by atoms with Crippen LogP contribution in [0.1, 0.15) is 19.8 Å². The molecule has 4 nitrogen and oxygen atoms in total. The van der Waals surface area contributed by atoms with Gasteiger partial charge >= 0.3 is 0 Å². The monoisotopic (exact) mass is 244 g/mol. The second kappa shape index (κ2) is 8.86. The molecule has 1 N–H and O–H groups in total. The van der Waals surface area contributed by atoms with Crippen molar-refractivity contribution in [1.82, 2.24) is 10.2 Å². The summed E-state index contributed by atoms with van der Waals surface area (Å²) in [4.78, 5) is 2.48. The van der Waals surface area contributed by atoms with Crippen molar-refractivity contribution in [2.24, 2.45) is 5.92 Å². The van der Waals surface area contributed by atoms with E-state index >= 15 is 0 Å². The molecular formula is C13H28N2O2. The minimum atomic E-state index is 0.476. The van der Waals surface area contributed by atoms with Crippen LogP contribution in [0.4, 0.5) is 0 Å². The molecule has 1 aliphatic rings. The van der Waals surface area contributed by atoms with E-state index in [1.165, 1.54) is 25.9 Å². The lowest BCUT2D eigenvalue weighted by atomic mass is 10.0. The highest BCUT2D eigenvalue weighted by Crippen LogP contribution is 2.14. The fourth-order valence-electron chi connectivity index (χ4n) is 2.42. The zero-order valence-electron chi connectivity index (χ0n) is 11.6. The lowest BCUT2D eigenvalue weighted by Crippen LogP contribution is -2.39. The molecule has 0 aliphatic carbocycles. The largest absolute Gasteiger partial charge is 0.383 e. The number of nitrogens with one attached hydrogen (secondary N) is 1. The van der Waals surface area contributed by atoms with Crippen LogP contribution in [0, 0.1) is 5.92 Å². The Morgan fingerprint density at radius 2 is 2.12 bits per heavy atom. The molecule has 1 saturated heterocycles. The van der Waals surface area contributed by atoms with E-state index < -0.39 is 0 Å². The van der Waals surface area contributed by atoms with Crippen molar-refractivity contribution in [1.29, 1.82) is 0 Å². The first-order valence-electron chi connectivity index (χ1n) is 6.70. The normalized spacial score (nSPS) is 22.2. The molecular weight excluding hydrogens is 216 g/mol. The molecule has 17 heavy (non-hydrogen) atoms. The fourth-order valence-corrected chi connectivity index (χ4v) is 2.42. The van der Waals surface area contributed by atoms with Gasteiger partial charge in [0.2, 0.25) is 0 Å². The molecule has 102 valence electrons. The third-order valence-electron chi connectivity index (χ3n) is 3.60. The highest BCUT2D eigenvalue weighted by molar-refractivity contribution is 4.74. The molecule has 0 amide bonds. The molecule has 1 rings (SSSR count). The predicted molar refractivity (Wildman–Crippen MR) is 70.4 cm³/mol. The van der Waals surface area contributed by atoms with Crippen LogP contribution < -0.4 is 5.32 Å². The molecule has 1 fully saturated rings. The standard InChI is InChI=1S/C13H28N2O2/c1-12(11-17-3)15(8-9-16-2)7-5-13-4-6-14-10-13/h12-14H,4-11H2,1-3H3.